The molecular formula is C26H23N3O5. The zero-order valence-corrected chi connectivity index (χ0v) is 18.7. The van der Waals surface area contributed by atoms with Crippen molar-refractivity contribution >= 4 is 23.1 Å². The number of carbonyl (C=O) groups is 2. The molecular weight excluding hydrogens is 434 g/mol. The van der Waals surface area contributed by atoms with Crippen LogP contribution in [0.15, 0.2) is 78.6 Å². The Bertz CT molecular complexity index is 1270. The van der Waals surface area contributed by atoms with Crippen molar-refractivity contribution in [3.8, 4) is 0 Å². The lowest BCUT2D eigenvalue weighted by Crippen LogP contribution is -2.29. The van der Waals surface area contributed by atoms with Crippen molar-refractivity contribution in [1.82, 2.24) is 9.88 Å². The Labute approximate surface area is 196 Å². The first kappa shape index (κ1) is 22.8. The molecule has 1 amide bonds. The molecule has 8 nitrogen and oxygen atoms in total. The number of benzene rings is 2. The molecule has 1 N–H and O–H groups in total. The van der Waals surface area contributed by atoms with Crippen molar-refractivity contribution in [2.45, 2.75) is 32.4 Å². The minimum Gasteiger partial charge on any atom is -0.507 e. The van der Waals surface area contributed by atoms with Gasteiger partial charge in [0, 0.05) is 36.6 Å². The third-order valence-corrected chi connectivity index (χ3v) is 5.89. The van der Waals surface area contributed by atoms with Crippen molar-refractivity contribution < 1.29 is 19.6 Å². The Morgan fingerprint density at radius 3 is 2.32 bits per heavy atom. The molecule has 1 saturated heterocycles. The molecule has 0 aliphatic carbocycles. The van der Waals surface area contributed by atoms with Crippen LogP contribution in [0.2, 0.25) is 0 Å². The van der Waals surface area contributed by atoms with Crippen LogP contribution in [-0.4, -0.2) is 31.6 Å². The van der Waals surface area contributed by atoms with Crippen LogP contribution in [0.25, 0.3) is 5.76 Å². The molecule has 2 heterocycles. The summed E-state index contributed by atoms with van der Waals surface area (Å²) in [5.41, 5.74) is 2.53. The Morgan fingerprint density at radius 2 is 1.76 bits per heavy atom. The maximum Gasteiger partial charge on any atom is 0.295 e. The Balaban J connectivity index is 1.83. The van der Waals surface area contributed by atoms with Gasteiger partial charge in [-0.25, -0.2) is 0 Å². The zero-order chi connectivity index (χ0) is 24.4. The molecule has 172 valence electrons. The third-order valence-electron chi connectivity index (χ3n) is 5.89. The molecule has 0 spiro atoms. The van der Waals surface area contributed by atoms with Crippen LogP contribution in [0.1, 0.15) is 48.1 Å². The summed E-state index contributed by atoms with van der Waals surface area (Å²) < 4.78 is 0. The van der Waals surface area contributed by atoms with Crippen LogP contribution in [-0.2, 0) is 16.1 Å². The highest BCUT2D eigenvalue weighted by molar-refractivity contribution is 6.46. The molecule has 1 fully saturated rings. The number of likely N-dealkylation sites (tertiary alicyclic amines) is 1. The molecule has 1 unspecified atom stereocenters. The van der Waals surface area contributed by atoms with E-state index in [1.807, 2.05) is 30.3 Å². The van der Waals surface area contributed by atoms with Gasteiger partial charge in [0.15, 0.2) is 0 Å². The summed E-state index contributed by atoms with van der Waals surface area (Å²) in [5.74, 6) is -1.61. The molecule has 34 heavy (non-hydrogen) atoms. The summed E-state index contributed by atoms with van der Waals surface area (Å²) in [6, 6.07) is 15.5. The van der Waals surface area contributed by atoms with E-state index in [1.54, 1.807) is 18.5 Å². The molecule has 1 aliphatic rings. The number of Topliss-reactive ketones (excluding diaryl/α,β-unsaturated/α-hetero) is 1. The molecule has 0 saturated carbocycles. The number of non-ortho nitro benzene ring substituents is 1. The van der Waals surface area contributed by atoms with Gasteiger partial charge in [-0.15, -0.1) is 0 Å². The predicted molar refractivity (Wildman–Crippen MR) is 126 cm³/mol. The zero-order valence-electron chi connectivity index (χ0n) is 18.7. The van der Waals surface area contributed by atoms with Gasteiger partial charge in [-0.2, -0.15) is 0 Å². The highest BCUT2D eigenvalue weighted by Crippen LogP contribution is 2.40. The van der Waals surface area contributed by atoms with E-state index < -0.39 is 22.7 Å². The number of nitro benzene ring substituents is 1. The van der Waals surface area contributed by atoms with Gasteiger partial charge in [-0.05, 0) is 40.8 Å². The topological polar surface area (TPSA) is 114 Å². The first-order valence-electron chi connectivity index (χ1n) is 10.8. The fourth-order valence-corrected chi connectivity index (χ4v) is 4.04. The summed E-state index contributed by atoms with van der Waals surface area (Å²) in [7, 11) is 0. The van der Waals surface area contributed by atoms with Crippen LogP contribution in [0.4, 0.5) is 5.69 Å². The molecule has 1 aliphatic heterocycles. The van der Waals surface area contributed by atoms with Gasteiger partial charge in [0.2, 0.25) is 0 Å². The Kier molecular flexibility index (Phi) is 6.23. The number of ketones is 1. The molecule has 0 bridgehead atoms. The fraction of sp³-hybridized carbons (Fsp3) is 0.192. The molecule has 0 radical (unpaired) electrons. The van der Waals surface area contributed by atoms with Crippen LogP contribution in [0, 0.1) is 10.1 Å². The van der Waals surface area contributed by atoms with Gasteiger partial charge >= 0.3 is 0 Å². The van der Waals surface area contributed by atoms with Crippen molar-refractivity contribution in [2.75, 3.05) is 0 Å². The summed E-state index contributed by atoms with van der Waals surface area (Å²) in [4.78, 5) is 42.1. The van der Waals surface area contributed by atoms with Crippen molar-refractivity contribution in [3.63, 3.8) is 0 Å². The summed E-state index contributed by atoms with van der Waals surface area (Å²) in [5, 5.41) is 22.1. The molecule has 8 heteroatoms. The lowest BCUT2D eigenvalue weighted by Gasteiger charge is -2.25. The highest BCUT2D eigenvalue weighted by Gasteiger charge is 2.46. The van der Waals surface area contributed by atoms with E-state index in [9.17, 15) is 24.8 Å². The third kappa shape index (κ3) is 4.30. The van der Waals surface area contributed by atoms with E-state index in [4.69, 9.17) is 0 Å². The van der Waals surface area contributed by atoms with Crippen LogP contribution < -0.4 is 0 Å². The van der Waals surface area contributed by atoms with Gasteiger partial charge in [0.25, 0.3) is 17.4 Å². The lowest BCUT2D eigenvalue weighted by atomic mass is 9.93. The smallest absolute Gasteiger partial charge is 0.295 e. The average molecular weight is 457 g/mol. The number of aliphatic hydroxyl groups is 1. The van der Waals surface area contributed by atoms with Crippen LogP contribution in [0.3, 0.4) is 0 Å². The van der Waals surface area contributed by atoms with Crippen LogP contribution >= 0.6 is 0 Å². The minimum atomic E-state index is -0.823. The van der Waals surface area contributed by atoms with Gasteiger partial charge in [-0.3, -0.25) is 24.7 Å². The normalized spacial score (nSPS) is 17.4. The standard InChI is InChI=1S/C26H23N3O5/c1-16(2)18-5-7-19(8-6-18)23-22(24(30)20-9-11-21(12-10-20)29(33)34)25(31)26(32)28(23)15-17-4-3-13-27-14-17/h3-14,16,23,30H,15H2,1-2H3/b24-22-. The summed E-state index contributed by atoms with van der Waals surface area (Å²) in [6.45, 7) is 4.27. The van der Waals surface area contributed by atoms with E-state index in [1.165, 1.54) is 29.2 Å². The molecule has 1 aromatic heterocycles. The average Bonchev–Trinajstić information content (AvgIpc) is 3.09. The number of hydrogen-bond donors (Lipinski definition) is 1. The van der Waals surface area contributed by atoms with Gasteiger partial charge in [0.05, 0.1) is 16.5 Å². The van der Waals surface area contributed by atoms with E-state index >= 15 is 0 Å². The first-order valence-corrected chi connectivity index (χ1v) is 10.8. The molecule has 3 aromatic rings. The van der Waals surface area contributed by atoms with Gasteiger partial charge in [-0.1, -0.05) is 44.2 Å². The number of pyridine rings is 1. The number of aliphatic hydroxyl groups excluding tert-OH is 1. The van der Waals surface area contributed by atoms with E-state index in [-0.39, 0.29) is 29.1 Å². The lowest BCUT2D eigenvalue weighted by molar-refractivity contribution is -0.384. The van der Waals surface area contributed by atoms with Crippen LogP contribution in [0.5, 0.6) is 0 Å². The minimum absolute atomic E-state index is 0.0555. The quantitative estimate of drug-likeness (QED) is 0.188. The number of aromatic nitrogens is 1. The van der Waals surface area contributed by atoms with E-state index in [2.05, 4.69) is 18.8 Å². The van der Waals surface area contributed by atoms with Gasteiger partial charge < -0.3 is 10.0 Å². The number of carbonyl (C=O) groups excluding carboxylic acids is 2. The monoisotopic (exact) mass is 457 g/mol. The SMILES string of the molecule is CC(C)c1ccc(C2/C(=C(/O)c3ccc([N+](=O)[O-])cc3)C(=O)C(=O)N2Cc2cccnc2)cc1. The number of rotatable bonds is 6. The Morgan fingerprint density at radius 1 is 1.09 bits per heavy atom. The number of nitro groups is 1. The maximum absolute atomic E-state index is 13.1. The molecule has 1 atom stereocenters. The fourth-order valence-electron chi connectivity index (χ4n) is 4.04. The van der Waals surface area contributed by atoms with Crippen molar-refractivity contribution in [2.24, 2.45) is 0 Å². The molecule has 2 aromatic carbocycles. The van der Waals surface area contributed by atoms with Crippen molar-refractivity contribution in [1.29, 1.82) is 0 Å². The first-order chi connectivity index (χ1) is 16.3. The highest BCUT2D eigenvalue weighted by atomic mass is 16.6. The van der Waals surface area contributed by atoms with E-state index in [0.717, 1.165) is 11.1 Å². The summed E-state index contributed by atoms with van der Waals surface area (Å²) in [6.07, 6.45) is 3.24. The second-order valence-electron chi connectivity index (χ2n) is 8.41. The van der Waals surface area contributed by atoms with E-state index in [0.29, 0.717) is 11.5 Å². The summed E-state index contributed by atoms with van der Waals surface area (Å²) >= 11 is 0. The second kappa shape index (κ2) is 9.27. The largest absolute Gasteiger partial charge is 0.507 e. The Hall–Kier alpha value is -4.33. The van der Waals surface area contributed by atoms with Gasteiger partial charge in [0.1, 0.15) is 5.76 Å². The molecule has 4 rings (SSSR count). The number of nitrogens with zero attached hydrogens (tertiary/aromatic N) is 3. The predicted octanol–water partition coefficient (Wildman–Crippen LogP) is 4.74. The van der Waals surface area contributed by atoms with Crippen molar-refractivity contribution in [3.05, 3.63) is 111 Å². The maximum atomic E-state index is 13.1. The second-order valence-corrected chi connectivity index (χ2v) is 8.41. The number of amides is 1. The number of hydrogen-bond acceptors (Lipinski definition) is 6.